The molecule has 2 heterocycles. The Kier molecular flexibility index (Phi) is 6.98. The van der Waals surface area contributed by atoms with Crippen LogP contribution in [0.5, 0.6) is 0 Å². The Morgan fingerprint density at radius 1 is 0.885 bits per heavy atom. The van der Waals surface area contributed by atoms with Crippen LogP contribution in [0.15, 0.2) is 33.9 Å². The molecule has 10 heteroatoms. The molecular formula is C16H22B2N2O6. The van der Waals surface area contributed by atoms with Crippen molar-refractivity contribution in [2.75, 3.05) is 0 Å². The number of nitrogens with one attached hydrogen (secondary N) is 2. The van der Waals surface area contributed by atoms with Crippen molar-refractivity contribution in [3.8, 4) is 0 Å². The molecule has 0 spiro atoms. The van der Waals surface area contributed by atoms with Gasteiger partial charge in [-0.2, -0.15) is 0 Å². The number of aromatic nitrogens is 2. The topological polar surface area (TPSA) is 147 Å². The highest BCUT2D eigenvalue weighted by Gasteiger charge is 2.18. The van der Waals surface area contributed by atoms with E-state index < -0.39 is 14.2 Å². The first kappa shape index (κ1) is 20.2. The molecule has 6 N–H and O–H groups in total. The van der Waals surface area contributed by atoms with E-state index in [1.807, 2.05) is 6.92 Å². The third-order valence-corrected chi connectivity index (χ3v) is 4.40. The highest BCUT2D eigenvalue weighted by molar-refractivity contribution is 6.58. The second-order valence-corrected chi connectivity index (χ2v) is 6.46. The van der Waals surface area contributed by atoms with Crippen LogP contribution >= 0.6 is 0 Å². The van der Waals surface area contributed by atoms with Gasteiger partial charge >= 0.3 is 14.2 Å². The first-order chi connectivity index (χ1) is 12.3. The lowest BCUT2D eigenvalue weighted by Gasteiger charge is -2.13. The smallest absolute Gasteiger partial charge is 0.422 e. The summed E-state index contributed by atoms with van der Waals surface area (Å²) in [5.41, 5.74) is 0.677. The minimum Gasteiger partial charge on any atom is -0.422 e. The van der Waals surface area contributed by atoms with Gasteiger partial charge in [0.05, 0.1) is 5.59 Å². The van der Waals surface area contributed by atoms with E-state index in [9.17, 15) is 19.6 Å². The fourth-order valence-electron chi connectivity index (χ4n) is 2.78. The zero-order chi connectivity index (χ0) is 19.3. The Labute approximate surface area is 150 Å². The Bertz CT molecular complexity index is 849. The minimum absolute atomic E-state index is 0.0555. The molecule has 1 atom stereocenters. The normalized spacial score (nSPS) is 12.0. The Morgan fingerprint density at radius 2 is 1.50 bits per heavy atom. The number of aromatic amines is 2. The summed E-state index contributed by atoms with van der Waals surface area (Å²) >= 11 is 0. The maximum absolute atomic E-state index is 11.9. The molecule has 138 valence electrons. The lowest BCUT2D eigenvalue weighted by molar-refractivity contribution is 0.422. The van der Waals surface area contributed by atoms with E-state index in [-0.39, 0.29) is 28.2 Å². The van der Waals surface area contributed by atoms with Crippen LogP contribution in [0.25, 0.3) is 0 Å². The second-order valence-electron chi connectivity index (χ2n) is 6.46. The van der Waals surface area contributed by atoms with Gasteiger partial charge in [0.2, 0.25) is 5.56 Å². The maximum Gasteiger partial charge on any atom is 0.506 e. The lowest BCUT2D eigenvalue weighted by atomic mass is 9.80. The summed E-state index contributed by atoms with van der Waals surface area (Å²) < 4.78 is 0. The van der Waals surface area contributed by atoms with Gasteiger partial charge < -0.3 is 30.1 Å². The molecule has 0 amide bonds. The number of hydrogen-bond donors (Lipinski definition) is 6. The highest BCUT2D eigenvalue weighted by atomic mass is 16.4. The predicted octanol–water partition coefficient (Wildman–Crippen LogP) is -2.38. The van der Waals surface area contributed by atoms with Crippen molar-refractivity contribution in [2.45, 2.75) is 32.6 Å². The first-order valence-electron chi connectivity index (χ1n) is 8.44. The Morgan fingerprint density at radius 3 is 2.08 bits per heavy atom. The fraction of sp³-hybridized carbons (Fsp3) is 0.375. The van der Waals surface area contributed by atoms with Crippen molar-refractivity contribution in [3.63, 3.8) is 0 Å². The zero-order valence-electron chi connectivity index (χ0n) is 14.5. The molecule has 26 heavy (non-hydrogen) atoms. The van der Waals surface area contributed by atoms with E-state index in [1.54, 1.807) is 12.1 Å². The highest BCUT2D eigenvalue weighted by Crippen LogP contribution is 2.13. The molecule has 1 unspecified atom stereocenters. The lowest BCUT2D eigenvalue weighted by Crippen LogP contribution is -2.39. The fourth-order valence-corrected chi connectivity index (χ4v) is 2.78. The number of pyridine rings is 2. The summed E-state index contributed by atoms with van der Waals surface area (Å²) in [4.78, 5) is 28.1. The molecule has 0 aliphatic heterocycles. The van der Waals surface area contributed by atoms with Crippen LogP contribution < -0.4 is 22.3 Å². The van der Waals surface area contributed by atoms with Crippen LogP contribution in [0.3, 0.4) is 0 Å². The average molecular weight is 360 g/mol. The number of hydrogen-bond acceptors (Lipinski definition) is 6. The van der Waals surface area contributed by atoms with Crippen LogP contribution in [-0.4, -0.2) is 44.3 Å². The molecule has 2 aromatic rings. The monoisotopic (exact) mass is 360 g/mol. The van der Waals surface area contributed by atoms with Crippen molar-refractivity contribution in [1.82, 2.24) is 9.97 Å². The van der Waals surface area contributed by atoms with Gasteiger partial charge in [-0.3, -0.25) is 9.59 Å². The molecular weight excluding hydrogens is 338 g/mol. The van der Waals surface area contributed by atoms with Crippen LogP contribution in [0.4, 0.5) is 0 Å². The van der Waals surface area contributed by atoms with Crippen molar-refractivity contribution in [1.29, 1.82) is 0 Å². The molecule has 2 rings (SSSR count). The van der Waals surface area contributed by atoms with Crippen molar-refractivity contribution in [3.05, 3.63) is 56.1 Å². The summed E-state index contributed by atoms with van der Waals surface area (Å²) in [6.45, 7) is 2.03. The molecule has 8 nitrogen and oxygen atoms in total. The molecule has 2 aromatic heterocycles. The Balaban J connectivity index is 1.93. The van der Waals surface area contributed by atoms with E-state index in [1.165, 1.54) is 12.1 Å². The van der Waals surface area contributed by atoms with Crippen LogP contribution in [-0.2, 0) is 12.8 Å². The van der Waals surface area contributed by atoms with E-state index in [0.29, 0.717) is 24.0 Å². The van der Waals surface area contributed by atoms with Crippen molar-refractivity contribution < 1.29 is 20.1 Å². The average Bonchev–Trinajstić information content (AvgIpc) is 2.59. The van der Waals surface area contributed by atoms with Crippen molar-refractivity contribution >= 4 is 25.4 Å². The summed E-state index contributed by atoms with van der Waals surface area (Å²) in [6.07, 6.45) is 2.60. The Hall–Kier alpha value is -2.13. The van der Waals surface area contributed by atoms with Gasteiger partial charge in [0.15, 0.2) is 0 Å². The molecule has 0 radical (unpaired) electrons. The minimum atomic E-state index is -1.73. The van der Waals surface area contributed by atoms with E-state index in [0.717, 1.165) is 12.8 Å². The van der Waals surface area contributed by atoms with E-state index >= 15 is 0 Å². The summed E-state index contributed by atoms with van der Waals surface area (Å²) in [7, 11) is -3.43. The molecule has 0 aliphatic carbocycles. The zero-order valence-corrected chi connectivity index (χ0v) is 14.5. The largest absolute Gasteiger partial charge is 0.506 e. The summed E-state index contributed by atoms with van der Waals surface area (Å²) in [6, 6.07) is 6.00. The molecule has 0 aromatic carbocycles. The van der Waals surface area contributed by atoms with Gasteiger partial charge in [-0.25, -0.2) is 0 Å². The van der Waals surface area contributed by atoms with Crippen LogP contribution in [0.2, 0.25) is 0 Å². The van der Waals surface area contributed by atoms with E-state index in [2.05, 4.69) is 9.97 Å². The molecule has 0 bridgehead atoms. The third kappa shape index (κ3) is 5.43. The summed E-state index contributed by atoms with van der Waals surface area (Å²) in [5.74, 6) is 0.258. The molecule has 0 aliphatic rings. The molecule has 0 saturated carbocycles. The van der Waals surface area contributed by atoms with Gasteiger partial charge in [0.1, 0.15) is 0 Å². The van der Waals surface area contributed by atoms with Gasteiger partial charge in [0.25, 0.3) is 5.56 Å². The van der Waals surface area contributed by atoms with Crippen LogP contribution in [0.1, 0.15) is 30.9 Å². The van der Waals surface area contributed by atoms with Crippen molar-refractivity contribution in [2.24, 2.45) is 5.92 Å². The predicted molar refractivity (Wildman–Crippen MR) is 99.6 cm³/mol. The van der Waals surface area contributed by atoms with Gasteiger partial charge in [0, 0.05) is 17.2 Å². The summed E-state index contributed by atoms with van der Waals surface area (Å²) in [5, 5.41) is 36.8. The standard InChI is InChI=1S/C16H22B2N2O6/c1-10(2-4-11-7-9-14(21)20-15(11)18(25)26)3-5-12-6-8-13(17(23)24)19-16(12)22/h6-10,23-26H,2-5H2,1H3,(H,19,22)(H,20,21). The number of aryl methyl sites for hydroxylation is 2. The quantitative estimate of drug-likeness (QED) is 0.290. The maximum atomic E-state index is 11.9. The molecule has 0 saturated heterocycles. The number of H-pyrrole nitrogens is 2. The van der Waals surface area contributed by atoms with Gasteiger partial charge in [-0.05, 0) is 43.2 Å². The SMILES string of the molecule is CC(CCc1ccc(=O)[nH]c1B(O)O)CCc1ccc(B(O)O)[nH]c1=O. The first-order valence-corrected chi connectivity index (χ1v) is 8.44. The molecule has 0 fully saturated rings. The van der Waals surface area contributed by atoms with E-state index in [4.69, 9.17) is 10.0 Å². The second kappa shape index (κ2) is 9.00. The van der Waals surface area contributed by atoms with Gasteiger partial charge in [-0.15, -0.1) is 0 Å². The third-order valence-electron chi connectivity index (χ3n) is 4.40. The van der Waals surface area contributed by atoms with Gasteiger partial charge in [-0.1, -0.05) is 19.1 Å². The van der Waals surface area contributed by atoms with Crippen LogP contribution in [0, 0.1) is 5.92 Å². The number of rotatable bonds is 8.